The van der Waals surface area contributed by atoms with E-state index in [1.165, 1.54) is 30.5 Å². The van der Waals surface area contributed by atoms with Gasteiger partial charge in [0, 0.05) is 19.5 Å². The lowest BCUT2D eigenvalue weighted by Crippen LogP contribution is -2.26. The van der Waals surface area contributed by atoms with Gasteiger partial charge in [0.2, 0.25) is 5.91 Å². The van der Waals surface area contributed by atoms with E-state index in [1.54, 1.807) is 0 Å². The number of amides is 1. The number of hydrogen-bond acceptors (Lipinski definition) is 4. The summed E-state index contributed by atoms with van der Waals surface area (Å²) in [5, 5.41) is 2.82. The van der Waals surface area contributed by atoms with E-state index in [0.29, 0.717) is 6.54 Å². The van der Waals surface area contributed by atoms with Crippen molar-refractivity contribution in [2.75, 3.05) is 18.8 Å². The van der Waals surface area contributed by atoms with Crippen LogP contribution in [0.3, 0.4) is 0 Å². The zero-order valence-corrected chi connectivity index (χ0v) is 16.6. The van der Waals surface area contributed by atoms with Crippen molar-refractivity contribution in [1.29, 1.82) is 0 Å². The van der Waals surface area contributed by atoms with E-state index < -0.39 is 15.7 Å². The number of rotatable bonds is 8. The Kier molecular flexibility index (Phi) is 6.80. The van der Waals surface area contributed by atoms with Gasteiger partial charge in [-0.3, -0.25) is 9.69 Å². The van der Waals surface area contributed by atoms with Crippen LogP contribution in [0.15, 0.2) is 53.4 Å². The number of likely N-dealkylation sites (tertiary alicyclic amines) is 1. The molecule has 1 aliphatic rings. The minimum atomic E-state index is -3.61. The predicted octanol–water partition coefficient (Wildman–Crippen LogP) is 2.90. The molecule has 1 fully saturated rings. The van der Waals surface area contributed by atoms with Gasteiger partial charge in [-0.15, -0.1) is 0 Å². The number of halogens is 1. The van der Waals surface area contributed by atoms with E-state index in [-0.39, 0.29) is 23.0 Å². The summed E-state index contributed by atoms with van der Waals surface area (Å²) in [4.78, 5) is 14.6. The molecule has 2 aromatic rings. The van der Waals surface area contributed by atoms with Gasteiger partial charge < -0.3 is 5.32 Å². The molecule has 1 N–H and O–H groups in total. The quantitative estimate of drug-likeness (QED) is 0.687. The molecule has 0 saturated carbocycles. The SMILES string of the molecule is O=C(CCS(=O)(=O)c1ccc(F)cc1)NCc1ccccc1CN1CCCC1. The van der Waals surface area contributed by atoms with Gasteiger partial charge in [-0.2, -0.15) is 0 Å². The average molecular weight is 405 g/mol. The highest BCUT2D eigenvalue weighted by Gasteiger charge is 2.17. The number of sulfone groups is 1. The Morgan fingerprint density at radius 2 is 1.64 bits per heavy atom. The molecule has 0 spiro atoms. The molecule has 1 aliphatic heterocycles. The van der Waals surface area contributed by atoms with Crippen LogP contribution in [0.5, 0.6) is 0 Å². The lowest BCUT2D eigenvalue weighted by molar-refractivity contribution is -0.120. The highest BCUT2D eigenvalue weighted by molar-refractivity contribution is 7.91. The molecule has 5 nitrogen and oxygen atoms in total. The van der Waals surface area contributed by atoms with Crippen LogP contribution in [-0.4, -0.2) is 38.1 Å². The van der Waals surface area contributed by atoms with Crippen LogP contribution in [-0.2, 0) is 27.7 Å². The molecule has 7 heteroatoms. The molecule has 0 unspecified atom stereocenters. The van der Waals surface area contributed by atoms with Crippen molar-refractivity contribution in [1.82, 2.24) is 10.2 Å². The number of hydrogen-bond donors (Lipinski definition) is 1. The van der Waals surface area contributed by atoms with Gasteiger partial charge in [-0.05, 0) is 61.3 Å². The zero-order chi connectivity index (χ0) is 20.0. The molecule has 1 saturated heterocycles. The van der Waals surface area contributed by atoms with Crippen LogP contribution in [0.1, 0.15) is 30.4 Å². The number of nitrogens with zero attached hydrogens (tertiary/aromatic N) is 1. The van der Waals surface area contributed by atoms with Gasteiger partial charge in [-0.25, -0.2) is 12.8 Å². The van der Waals surface area contributed by atoms with Crippen molar-refractivity contribution in [2.24, 2.45) is 0 Å². The van der Waals surface area contributed by atoms with Gasteiger partial charge in [-0.1, -0.05) is 24.3 Å². The molecule has 150 valence electrons. The van der Waals surface area contributed by atoms with Crippen LogP contribution in [0.2, 0.25) is 0 Å². The molecular formula is C21H25FN2O3S. The van der Waals surface area contributed by atoms with Crippen molar-refractivity contribution in [3.05, 3.63) is 65.5 Å². The first-order valence-electron chi connectivity index (χ1n) is 9.48. The van der Waals surface area contributed by atoms with Crippen molar-refractivity contribution >= 4 is 15.7 Å². The third-order valence-corrected chi connectivity index (χ3v) is 6.69. The maximum Gasteiger partial charge on any atom is 0.221 e. The van der Waals surface area contributed by atoms with Gasteiger partial charge >= 0.3 is 0 Å². The third-order valence-electron chi connectivity index (χ3n) is 4.96. The summed E-state index contributed by atoms with van der Waals surface area (Å²) in [5.74, 6) is -1.12. The van der Waals surface area contributed by atoms with Gasteiger partial charge in [0.05, 0.1) is 10.6 Å². The fourth-order valence-corrected chi connectivity index (χ4v) is 4.58. The molecule has 0 aromatic heterocycles. The van der Waals surface area contributed by atoms with E-state index in [4.69, 9.17) is 0 Å². The second-order valence-corrected chi connectivity index (χ2v) is 9.16. The summed E-state index contributed by atoms with van der Waals surface area (Å²) in [6.07, 6.45) is 2.32. The van der Waals surface area contributed by atoms with Crippen molar-refractivity contribution in [3.8, 4) is 0 Å². The first kappa shape index (κ1) is 20.5. The molecule has 1 amide bonds. The largest absolute Gasteiger partial charge is 0.352 e. The van der Waals surface area contributed by atoms with Crippen molar-refractivity contribution in [3.63, 3.8) is 0 Å². The molecule has 0 radical (unpaired) electrons. The number of carbonyl (C=O) groups is 1. The smallest absolute Gasteiger partial charge is 0.221 e. The Morgan fingerprint density at radius 3 is 2.32 bits per heavy atom. The lowest BCUT2D eigenvalue weighted by Gasteiger charge is -2.17. The van der Waals surface area contributed by atoms with Gasteiger partial charge in [0.25, 0.3) is 0 Å². The van der Waals surface area contributed by atoms with E-state index in [0.717, 1.165) is 37.3 Å². The first-order chi connectivity index (χ1) is 13.4. The van der Waals surface area contributed by atoms with E-state index >= 15 is 0 Å². The van der Waals surface area contributed by atoms with E-state index in [1.807, 2.05) is 18.2 Å². The molecular weight excluding hydrogens is 379 g/mol. The Hall–Kier alpha value is -2.25. The molecule has 0 atom stereocenters. The van der Waals surface area contributed by atoms with Crippen LogP contribution in [0, 0.1) is 5.82 Å². The Labute approximate surface area is 165 Å². The maximum absolute atomic E-state index is 12.9. The first-order valence-corrected chi connectivity index (χ1v) is 11.1. The Bertz CT molecular complexity index is 908. The van der Waals surface area contributed by atoms with Crippen LogP contribution in [0.4, 0.5) is 4.39 Å². The molecule has 3 rings (SSSR count). The van der Waals surface area contributed by atoms with Crippen molar-refractivity contribution < 1.29 is 17.6 Å². The highest BCUT2D eigenvalue weighted by atomic mass is 32.2. The maximum atomic E-state index is 12.9. The van der Waals surface area contributed by atoms with E-state index in [9.17, 15) is 17.6 Å². The minimum Gasteiger partial charge on any atom is -0.352 e. The number of benzene rings is 2. The Balaban J connectivity index is 1.52. The second-order valence-electron chi connectivity index (χ2n) is 7.05. The van der Waals surface area contributed by atoms with Crippen LogP contribution < -0.4 is 5.32 Å². The minimum absolute atomic E-state index is 0.0256. The van der Waals surface area contributed by atoms with Crippen LogP contribution in [0.25, 0.3) is 0 Å². The number of nitrogens with one attached hydrogen (secondary N) is 1. The Morgan fingerprint density at radius 1 is 1.00 bits per heavy atom. The summed E-state index contributed by atoms with van der Waals surface area (Å²) in [5.41, 5.74) is 2.23. The van der Waals surface area contributed by atoms with Crippen LogP contribution >= 0.6 is 0 Å². The molecule has 0 bridgehead atoms. The summed E-state index contributed by atoms with van der Waals surface area (Å²) in [6, 6.07) is 12.6. The summed E-state index contributed by atoms with van der Waals surface area (Å²) >= 11 is 0. The van der Waals surface area contributed by atoms with E-state index in [2.05, 4.69) is 16.3 Å². The molecule has 2 aromatic carbocycles. The zero-order valence-electron chi connectivity index (χ0n) is 15.7. The summed E-state index contributed by atoms with van der Waals surface area (Å²) < 4.78 is 37.5. The predicted molar refractivity (Wildman–Crippen MR) is 106 cm³/mol. The standard InChI is InChI=1S/C21H25FN2O3S/c22-19-7-9-20(10-8-19)28(26,27)14-11-21(25)23-15-17-5-1-2-6-18(17)16-24-12-3-4-13-24/h1-2,5-10H,3-4,11-16H2,(H,23,25). The normalized spacial score (nSPS) is 14.9. The topological polar surface area (TPSA) is 66.5 Å². The monoisotopic (exact) mass is 404 g/mol. The van der Waals surface area contributed by atoms with Crippen molar-refractivity contribution in [2.45, 2.75) is 37.2 Å². The van der Waals surface area contributed by atoms with Gasteiger partial charge in [0.15, 0.2) is 9.84 Å². The molecule has 1 heterocycles. The van der Waals surface area contributed by atoms with Gasteiger partial charge in [0.1, 0.15) is 5.82 Å². The third kappa shape index (κ3) is 5.62. The highest BCUT2D eigenvalue weighted by Crippen LogP contribution is 2.16. The summed E-state index contributed by atoms with van der Waals surface area (Å²) in [7, 11) is -3.61. The molecule has 0 aliphatic carbocycles. The fraction of sp³-hybridized carbons (Fsp3) is 0.381. The fourth-order valence-electron chi connectivity index (χ4n) is 3.33. The average Bonchev–Trinajstić information content (AvgIpc) is 3.19. The number of carbonyl (C=O) groups excluding carboxylic acids is 1. The summed E-state index contributed by atoms with van der Waals surface area (Å²) in [6.45, 7) is 3.44. The second kappa shape index (κ2) is 9.30. The lowest BCUT2D eigenvalue weighted by atomic mass is 10.1. The molecule has 28 heavy (non-hydrogen) atoms.